The predicted octanol–water partition coefficient (Wildman–Crippen LogP) is 2.52. The van der Waals surface area contributed by atoms with E-state index < -0.39 is 17.0 Å². The van der Waals surface area contributed by atoms with Crippen molar-refractivity contribution in [3.63, 3.8) is 0 Å². The molecule has 9 heteroatoms. The molecule has 0 bridgehead atoms. The van der Waals surface area contributed by atoms with Crippen LogP contribution in [-0.2, 0) is 16.0 Å². The number of aryl methyl sites for hydroxylation is 1. The molecule has 1 aliphatic heterocycles. The highest BCUT2D eigenvalue weighted by atomic mass is 16.6. The lowest BCUT2D eigenvalue weighted by molar-refractivity contribution is -0.384. The van der Waals surface area contributed by atoms with Crippen molar-refractivity contribution in [2.75, 3.05) is 29.9 Å². The van der Waals surface area contributed by atoms with Crippen LogP contribution in [0.1, 0.15) is 29.3 Å². The Labute approximate surface area is 173 Å². The highest BCUT2D eigenvalue weighted by Gasteiger charge is 2.29. The molecule has 1 heterocycles. The number of aliphatic hydroxyl groups is 1. The zero-order valence-electron chi connectivity index (χ0n) is 16.5. The molecule has 0 aliphatic carbocycles. The zero-order valence-corrected chi connectivity index (χ0v) is 16.5. The molecule has 0 fully saturated rings. The molecule has 0 saturated carbocycles. The van der Waals surface area contributed by atoms with Crippen molar-refractivity contribution < 1.29 is 24.4 Å². The first-order valence-corrected chi connectivity index (χ1v) is 9.66. The molecule has 2 N–H and O–H groups in total. The number of esters is 1. The fraction of sp³-hybridized carbons (Fsp3) is 0.333. The van der Waals surface area contributed by atoms with Gasteiger partial charge in [-0.25, -0.2) is 4.79 Å². The van der Waals surface area contributed by atoms with Crippen molar-refractivity contribution >= 4 is 28.9 Å². The summed E-state index contributed by atoms with van der Waals surface area (Å²) in [6, 6.07) is 11.4. The first-order chi connectivity index (χ1) is 14.4. The SMILES string of the molecule is C[C@@H](OC(=O)c1ccc(NCCO)c([N+](=O)[O-])c1)C(=O)N1CCCc2ccccc21. The van der Waals surface area contributed by atoms with Crippen molar-refractivity contribution in [1.82, 2.24) is 0 Å². The van der Waals surface area contributed by atoms with Gasteiger partial charge in [0.05, 0.1) is 17.1 Å². The van der Waals surface area contributed by atoms with Crippen molar-refractivity contribution in [3.05, 3.63) is 63.7 Å². The Morgan fingerprint density at radius 1 is 1.30 bits per heavy atom. The summed E-state index contributed by atoms with van der Waals surface area (Å²) < 4.78 is 5.31. The minimum atomic E-state index is -1.05. The molecular weight excluding hydrogens is 390 g/mol. The summed E-state index contributed by atoms with van der Waals surface area (Å²) in [6.07, 6.45) is 0.654. The van der Waals surface area contributed by atoms with E-state index in [0.29, 0.717) is 6.54 Å². The smallest absolute Gasteiger partial charge is 0.339 e. The number of nitrogens with zero attached hydrogens (tertiary/aromatic N) is 2. The molecule has 30 heavy (non-hydrogen) atoms. The number of nitro groups is 1. The summed E-state index contributed by atoms with van der Waals surface area (Å²) >= 11 is 0. The highest BCUT2D eigenvalue weighted by molar-refractivity contribution is 6.00. The molecule has 0 saturated heterocycles. The summed E-state index contributed by atoms with van der Waals surface area (Å²) in [5.41, 5.74) is 1.71. The third kappa shape index (κ3) is 4.57. The van der Waals surface area contributed by atoms with Gasteiger partial charge >= 0.3 is 5.97 Å². The lowest BCUT2D eigenvalue weighted by atomic mass is 10.0. The van der Waals surface area contributed by atoms with E-state index in [4.69, 9.17) is 9.84 Å². The maximum absolute atomic E-state index is 12.9. The van der Waals surface area contributed by atoms with Crippen LogP contribution in [-0.4, -0.2) is 47.7 Å². The van der Waals surface area contributed by atoms with Crippen LogP contribution in [0.5, 0.6) is 0 Å². The van der Waals surface area contributed by atoms with Gasteiger partial charge in [-0.1, -0.05) is 18.2 Å². The Bertz CT molecular complexity index is 962. The van der Waals surface area contributed by atoms with Gasteiger partial charge in [0.1, 0.15) is 5.69 Å². The van der Waals surface area contributed by atoms with E-state index in [-0.39, 0.29) is 36.0 Å². The molecule has 2 aromatic rings. The van der Waals surface area contributed by atoms with Crippen LogP contribution in [0.3, 0.4) is 0 Å². The first kappa shape index (κ1) is 21.3. The number of anilines is 2. The van der Waals surface area contributed by atoms with Gasteiger partial charge in [0.2, 0.25) is 0 Å². The van der Waals surface area contributed by atoms with E-state index in [1.807, 2.05) is 24.3 Å². The van der Waals surface area contributed by atoms with Crippen molar-refractivity contribution in [1.29, 1.82) is 0 Å². The predicted molar refractivity (Wildman–Crippen MR) is 111 cm³/mol. The van der Waals surface area contributed by atoms with Crippen LogP contribution in [0, 0.1) is 10.1 Å². The van der Waals surface area contributed by atoms with Crippen molar-refractivity contribution in [2.45, 2.75) is 25.9 Å². The zero-order chi connectivity index (χ0) is 21.7. The number of para-hydroxylation sites is 1. The average Bonchev–Trinajstić information content (AvgIpc) is 2.76. The van der Waals surface area contributed by atoms with Crippen LogP contribution < -0.4 is 10.2 Å². The van der Waals surface area contributed by atoms with Gasteiger partial charge in [0, 0.05) is 24.8 Å². The topological polar surface area (TPSA) is 122 Å². The summed E-state index contributed by atoms with van der Waals surface area (Å²) in [5.74, 6) is -1.16. The van der Waals surface area contributed by atoms with Gasteiger partial charge in [-0.2, -0.15) is 0 Å². The molecule has 0 spiro atoms. The number of carbonyl (C=O) groups is 2. The number of nitrogens with one attached hydrogen (secondary N) is 1. The summed E-state index contributed by atoms with van der Waals surface area (Å²) in [7, 11) is 0. The van der Waals surface area contributed by atoms with E-state index in [1.165, 1.54) is 19.1 Å². The number of carbonyl (C=O) groups excluding carboxylic acids is 2. The Balaban J connectivity index is 1.73. The van der Waals surface area contributed by atoms with Gasteiger partial charge < -0.3 is 20.1 Å². The number of rotatable bonds is 7. The average molecular weight is 413 g/mol. The van der Waals surface area contributed by atoms with Gasteiger partial charge in [-0.15, -0.1) is 0 Å². The lowest BCUT2D eigenvalue weighted by Crippen LogP contribution is -2.42. The maximum Gasteiger partial charge on any atom is 0.339 e. The van der Waals surface area contributed by atoms with Crippen LogP contribution in [0.4, 0.5) is 17.1 Å². The minimum absolute atomic E-state index is 0.0325. The molecule has 0 radical (unpaired) electrons. The molecule has 158 valence electrons. The second-order valence-corrected chi connectivity index (χ2v) is 6.91. The first-order valence-electron chi connectivity index (χ1n) is 9.66. The standard InChI is InChI=1S/C21H23N3O6/c1-14(20(26)23-11-4-6-15-5-2-3-7-18(15)23)30-21(27)16-8-9-17(22-10-12-25)19(13-16)24(28)29/h2-3,5,7-9,13-14,22,25H,4,6,10-12H2,1H3/t14-/m1/s1. The van der Waals surface area contributed by atoms with E-state index in [2.05, 4.69) is 5.32 Å². The Morgan fingerprint density at radius 2 is 2.07 bits per heavy atom. The van der Waals surface area contributed by atoms with Crippen LogP contribution >= 0.6 is 0 Å². The van der Waals surface area contributed by atoms with Gasteiger partial charge in [-0.05, 0) is 43.5 Å². The van der Waals surface area contributed by atoms with E-state index in [1.54, 1.807) is 4.90 Å². The number of aliphatic hydroxyl groups excluding tert-OH is 1. The summed E-state index contributed by atoms with van der Waals surface area (Å²) in [6.45, 7) is 1.96. The number of hydrogen-bond donors (Lipinski definition) is 2. The number of ether oxygens (including phenoxy) is 1. The molecule has 1 aliphatic rings. The Morgan fingerprint density at radius 3 is 2.80 bits per heavy atom. The molecule has 9 nitrogen and oxygen atoms in total. The number of nitro benzene ring substituents is 1. The lowest BCUT2D eigenvalue weighted by Gasteiger charge is -2.31. The minimum Gasteiger partial charge on any atom is -0.449 e. The third-order valence-electron chi connectivity index (χ3n) is 4.87. The fourth-order valence-corrected chi connectivity index (χ4v) is 3.41. The molecule has 2 aromatic carbocycles. The Hall–Kier alpha value is -3.46. The van der Waals surface area contributed by atoms with Gasteiger partial charge in [-0.3, -0.25) is 14.9 Å². The molecule has 1 amide bonds. The number of benzene rings is 2. The van der Waals surface area contributed by atoms with Crippen LogP contribution in [0.2, 0.25) is 0 Å². The Kier molecular flexibility index (Phi) is 6.63. The molecule has 3 rings (SSSR count). The quantitative estimate of drug-likeness (QED) is 0.406. The fourth-order valence-electron chi connectivity index (χ4n) is 3.41. The number of fused-ring (bicyclic) bond motifs is 1. The largest absolute Gasteiger partial charge is 0.449 e. The van der Waals surface area contributed by atoms with E-state index >= 15 is 0 Å². The number of amides is 1. The molecule has 0 unspecified atom stereocenters. The van der Waals surface area contributed by atoms with Gasteiger partial charge in [0.25, 0.3) is 11.6 Å². The normalized spacial score (nSPS) is 13.9. The van der Waals surface area contributed by atoms with Crippen LogP contribution in [0.25, 0.3) is 0 Å². The van der Waals surface area contributed by atoms with E-state index in [9.17, 15) is 19.7 Å². The molecule has 1 atom stereocenters. The van der Waals surface area contributed by atoms with Crippen molar-refractivity contribution in [2.24, 2.45) is 0 Å². The second kappa shape index (κ2) is 9.36. The summed E-state index contributed by atoms with van der Waals surface area (Å²) in [5, 5.41) is 22.9. The summed E-state index contributed by atoms with van der Waals surface area (Å²) in [4.78, 5) is 37.7. The molecule has 0 aromatic heterocycles. The maximum atomic E-state index is 12.9. The molecular formula is C21H23N3O6. The monoisotopic (exact) mass is 413 g/mol. The second-order valence-electron chi connectivity index (χ2n) is 6.91. The van der Waals surface area contributed by atoms with E-state index in [0.717, 1.165) is 30.2 Å². The number of hydrogen-bond acceptors (Lipinski definition) is 7. The third-order valence-corrected chi connectivity index (χ3v) is 4.87. The van der Waals surface area contributed by atoms with Gasteiger partial charge in [0.15, 0.2) is 6.10 Å². The highest BCUT2D eigenvalue weighted by Crippen LogP contribution is 2.28. The van der Waals surface area contributed by atoms with Crippen molar-refractivity contribution in [3.8, 4) is 0 Å². The van der Waals surface area contributed by atoms with Crippen LogP contribution in [0.15, 0.2) is 42.5 Å².